The van der Waals surface area contributed by atoms with Crippen LogP contribution >= 0.6 is 0 Å². The molecular formula is C33H21BN4O. The van der Waals surface area contributed by atoms with E-state index >= 15 is 0 Å². The summed E-state index contributed by atoms with van der Waals surface area (Å²) in [5.74, 6) is 2.10. The highest BCUT2D eigenvalue weighted by Gasteiger charge is 2.34. The van der Waals surface area contributed by atoms with Crippen LogP contribution < -0.4 is 21.3 Å². The minimum atomic E-state index is 0.0584. The molecule has 3 aromatic carbocycles. The maximum absolute atomic E-state index is 6.42. The van der Waals surface area contributed by atoms with Crippen LogP contribution in [0.1, 0.15) is 0 Å². The molecule has 0 atom stereocenters. The first-order chi connectivity index (χ1) is 19.3. The molecule has 0 fully saturated rings. The number of rotatable bonds is 4. The second-order valence-electron chi connectivity index (χ2n) is 9.69. The molecule has 0 spiro atoms. The van der Waals surface area contributed by atoms with Crippen molar-refractivity contribution in [1.29, 1.82) is 0 Å². The second kappa shape index (κ2) is 8.67. The first kappa shape index (κ1) is 21.8. The van der Waals surface area contributed by atoms with Gasteiger partial charge in [0.15, 0.2) is 5.65 Å². The minimum Gasteiger partial charge on any atom is -0.439 e. The Balaban J connectivity index is 1.24. The van der Waals surface area contributed by atoms with Gasteiger partial charge in [0.05, 0.1) is 5.52 Å². The lowest BCUT2D eigenvalue weighted by atomic mass is 9.40. The summed E-state index contributed by atoms with van der Waals surface area (Å²) in [4.78, 5) is 14.3. The van der Waals surface area contributed by atoms with Gasteiger partial charge in [-0.15, -0.1) is 0 Å². The van der Waals surface area contributed by atoms with Gasteiger partial charge >= 0.3 is 0 Å². The van der Waals surface area contributed by atoms with Crippen LogP contribution in [0.3, 0.4) is 0 Å². The van der Waals surface area contributed by atoms with Gasteiger partial charge in [-0.25, -0.2) is 4.98 Å². The zero-order valence-electron chi connectivity index (χ0n) is 20.9. The van der Waals surface area contributed by atoms with E-state index in [-0.39, 0.29) is 6.71 Å². The predicted molar refractivity (Wildman–Crippen MR) is 157 cm³/mol. The number of hydrogen-bond acceptors (Lipinski definition) is 4. The lowest BCUT2D eigenvalue weighted by Crippen LogP contribution is -2.50. The molecule has 0 aliphatic carbocycles. The fraction of sp³-hybridized carbons (Fsp3) is 0. The van der Waals surface area contributed by atoms with E-state index in [1.54, 1.807) is 6.20 Å². The molecule has 0 N–H and O–H groups in total. The third-order valence-electron chi connectivity index (χ3n) is 7.48. The number of pyridine rings is 3. The molecule has 0 radical (unpaired) electrons. The molecule has 8 rings (SSSR count). The number of aromatic nitrogens is 4. The highest BCUT2D eigenvalue weighted by Crippen LogP contribution is 2.33. The molecule has 0 saturated heterocycles. The van der Waals surface area contributed by atoms with E-state index in [0.29, 0.717) is 5.88 Å². The van der Waals surface area contributed by atoms with Gasteiger partial charge in [-0.3, -0.25) is 9.55 Å². The number of fused-ring (bicyclic) bond motifs is 6. The van der Waals surface area contributed by atoms with Gasteiger partial charge in [0.1, 0.15) is 11.6 Å². The molecule has 5 nitrogen and oxygen atoms in total. The standard InChI is InChI=1S/C33H21BN4O/c1-3-11-27-23(9-1)24-16-15-22(21-28(24)34(27)30-13-5-7-19-35-30)39-32-18-17-26-25-10-2-4-12-29(25)38(33(26)37-32)31-14-6-8-20-36-31/h1-21H. The Bertz CT molecular complexity index is 2000. The molecular weight excluding hydrogens is 479 g/mol. The SMILES string of the molecule is c1ccc(B2c3ccccc3-c3ccc(Oc4ccc5c6ccccc6n(-c6ccccn6)c5n4)cc32)nc1. The summed E-state index contributed by atoms with van der Waals surface area (Å²) in [5, 5.41) is 2.19. The van der Waals surface area contributed by atoms with Crippen molar-refractivity contribution >= 4 is 45.2 Å². The van der Waals surface area contributed by atoms with Crippen molar-refractivity contribution in [1.82, 2.24) is 19.5 Å². The Hall–Kier alpha value is -5.23. The maximum Gasteiger partial charge on any atom is 0.266 e. The molecule has 4 aromatic heterocycles. The van der Waals surface area contributed by atoms with E-state index in [1.807, 2.05) is 54.7 Å². The van der Waals surface area contributed by atoms with Crippen LogP contribution in [0.25, 0.3) is 38.9 Å². The summed E-state index contributed by atoms with van der Waals surface area (Å²) in [7, 11) is 0. The fourth-order valence-electron chi connectivity index (χ4n) is 5.83. The van der Waals surface area contributed by atoms with E-state index in [0.717, 1.165) is 39.1 Å². The number of benzene rings is 3. The third kappa shape index (κ3) is 3.46. The first-order valence-electron chi connectivity index (χ1n) is 13.0. The van der Waals surface area contributed by atoms with Gasteiger partial charge in [0.2, 0.25) is 5.88 Å². The van der Waals surface area contributed by atoms with Gasteiger partial charge in [-0.2, -0.15) is 4.98 Å². The Labute approximate surface area is 225 Å². The maximum atomic E-state index is 6.42. The summed E-state index contributed by atoms with van der Waals surface area (Å²) in [6, 6.07) is 39.2. The van der Waals surface area contributed by atoms with Crippen molar-refractivity contribution in [2.24, 2.45) is 0 Å². The molecule has 0 amide bonds. The van der Waals surface area contributed by atoms with Crippen LogP contribution in [0.2, 0.25) is 0 Å². The number of hydrogen-bond donors (Lipinski definition) is 0. The van der Waals surface area contributed by atoms with Crippen LogP contribution in [-0.2, 0) is 0 Å². The van der Waals surface area contributed by atoms with E-state index in [9.17, 15) is 0 Å². The van der Waals surface area contributed by atoms with Crippen molar-refractivity contribution in [3.05, 3.63) is 128 Å². The summed E-state index contributed by atoms with van der Waals surface area (Å²) in [5.41, 5.74) is 7.82. The van der Waals surface area contributed by atoms with Crippen molar-refractivity contribution in [2.45, 2.75) is 0 Å². The van der Waals surface area contributed by atoms with Gasteiger partial charge < -0.3 is 4.74 Å². The largest absolute Gasteiger partial charge is 0.439 e. The first-order valence-corrected chi connectivity index (χ1v) is 13.0. The average molecular weight is 500 g/mol. The molecule has 1 aliphatic heterocycles. The molecule has 0 unspecified atom stereocenters. The van der Waals surface area contributed by atoms with Crippen molar-refractivity contribution < 1.29 is 4.74 Å². The van der Waals surface area contributed by atoms with E-state index in [1.165, 1.54) is 22.1 Å². The topological polar surface area (TPSA) is 52.8 Å². The fourth-order valence-corrected chi connectivity index (χ4v) is 5.83. The number of para-hydroxylation sites is 1. The molecule has 7 aromatic rings. The van der Waals surface area contributed by atoms with Gasteiger partial charge in [0, 0.05) is 34.8 Å². The minimum absolute atomic E-state index is 0.0584. The zero-order valence-corrected chi connectivity index (χ0v) is 20.9. The van der Waals surface area contributed by atoms with E-state index < -0.39 is 0 Å². The van der Waals surface area contributed by atoms with Gasteiger partial charge in [-0.05, 0) is 59.7 Å². The molecule has 0 bridgehead atoms. The zero-order chi connectivity index (χ0) is 25.8. The lowest BCUT2D eigenvalue weighted by molar-refractivity contribution is 0.465. The van der Waals surface area contributed by atoms with Crippen LogP contribution in [0.4, 0.5) is 0 Å². The highest BCUT2D eigenvalue weighted by atomic mass is 16.5. The normalized spacial score (nSPS) is 12.1. The Kier molecular flexibility index (Phi) is 4.85. The summed E-state index contributed by atoms with van der Waals surface area (Å²) < 4.78 is 8.51. The Morgan fingerprint density at radius 1 is 0.615 bits per heavy atom. The van der Waals surface area contributed by atoms with Crippen LogP contribution in [0.5, 0.6) is 11.6 Å². The van der Waals surface area contributed by atoms with Crippen molar-refractivity contribution in [2.75, 3.05) is 0 Å². The van der Waals surface area contributed by atoms with E-state index in [2.05, 4.69) is 76.3 Å². The molecule has 182 valence electrons. The van der Waals surface area contributed by atoms with Crippen molar-refractivity contribution in [3.8, 4) is 28.6 Å². The third-order valence-corrected chi connectivity index (χ3v) is 7.48. The highest BCUT2D eigenvalue weighted by molar-refractivity contribution is 6.98. The summed E-state index contributed by atoms with van der Waals surface area (Å²) in [6.45, 7) is 0.0584. The summed E-state index contributed by atoms with van der Waals surface area (Å²) >= 11 is 0. The van der Waals surface area contributed by atoms with Crippen LogP contribution in [0, 0.1) is 0 Å². The Morgan fingerprint density at radius 2 is 1.41 bits per heavy atom. The van der Waals surface area contributed by atoms with Gasteiger partial charge in [-0.1, -0.05) is 71.6 Å². The number of nitrogens with zero attached hydrogens (tertiary/aromatic N) is 4. The quantitative estimate of drug-likeness (QED) is 0.310. The lowest BCUT2D eigenvalue weighted by Gasteiger charge is -2.12. The Morgan fingerprint density at radius 3 is 2.28 bits per heavy atom. The molecule has 0 saturated carbocycles. The monoisotopic (exact) mass is 500 g/mol. The molecule has 6 heteroatoms. The molecule has 5 heterocycles. The van der Waals surface area contributed by atoms with Crippen molar-refractivity contribution in [3.63, 3.8) is 0 Å². The van der Waals surface area contributed by atoms with E-state index in [4.69, 9.17) is 14.7 Å². The van der Waals surface area contributed by atoms with Crippen LogP contribution in [-0.4, -0.2) is 26.2 Å². The summed E-state index contributed by atoms with van der Waals surface area (Å²) in [6.07, 6.45) is 3.66. The van der Waals surface area contributed by atoms with Gasteiger partial charge in [0.25, 0.3) is 6.71 Å². The second-order valence-corrected chi connectivity index (χ2v) is 9.69. The molecule has 1 aliphatic rings. The predicted octanol–water partition coefficient (Wildman–Crippen LogP) is 5.26. The number of ether oxygens (including phenoxy) is 1. The van der Waals surface area contributed by atoms with Crippen LogP contribution in [0.15, 0.2) is 128 Å². The average Bonchev–Trinajstić information content (AvgIpc) is 3.50. The molecule has 39 heavy (non-hydrogen) atoms. The smallest absolute Gasteiger partial charge is 0.266 e.